The number of hydrogen-bond donors (Lipinski definition) is 1. The predicted molar refractivity (Wildman–Crippen MR) is 96.1 cm³/mol. The van der Waals surface area contributed by atoms with E-state index in [1.807, 2.05) is 0 Å². The van der Waals surface area contributed by atoms with Crippen molar-refractivity contribution in [1.29, 1.82) is 0 Å². The Morgan fingerprint density at radius 3 is 2.64 bits per heavy atom. The van der Waals surface area contributed by atoms with Gasteiger partial charge in [-0.3, -0.25) is 0 Å². The molecule has 0 fully saturated rings. The first-order chi connectivity index (χ1) is 12.1. The second-order valence-electron chi connectivity index (χ2n) is 5.72. The van der Waals surface area contributed by atoms with Crippen LogP contribution in [-0.2, 0) is 6.54 Å². The largest absolute Gasteiger partial charge is 0.365 e. The fraction of sp³-hybridized carbons (Fsp3) is 0.167. The number of nitrogens with zero attached hydrogens (tertiary/aromatic N) is 3. The van der Waals surface area contributed by atoms with Crippen molar-refractivity contribution in [2.45, 2.75) is 20.4 Å². The number of hydrogen-bond acceptors (Lipinski definition) is 6. The highest BCUT2D eigenvalue weighted by molar-refractivity contribution is 7.18. The van der Waals surface area contributed by atoms with Gasteiger partial charge in [-0.1, -0.05) is 17.3 Å². The first kappa shape index (κ1) is 15.7. The first-order valence-electron chi connectivity index (χ1n) is 7.79. The van der Waals surface area contributed by atoms with E-state index in [1.54, 1.807) is 35.7 Å². The molecule has 0 aliphatic carbocycles. The van der Waals surface area contributed by atoms with Crippen LogP contribution in [0.1, 0.15) is 16.0 Å². The number of benzene rings is 1. The molecule has 126 valence electrons. The molecular weight excluding hydrogens is 339 g/mol. The van der Waals surface area contributed by atoms with Gasteiger partial charge in [-0.15, -0.1) is 11.3 Å². The number of thiophene rings is 1. The molecule has 3 heterocycles. The third-order valence-corrected chi connectivity index (χ3v) is 5.16. The maximum atomic E-state index is 13.1. The van der Waals surface area contributed by atoms with E-state index in [4.69, 9.17) is 4.52 Å². The van der Waals surface area contributed by atoms with Gasteiger partial charge >= 0.3 is 0 Å². The molecule has 3 aromatic heterocycles. The molecule has 1 aromatic carbocycles. The topological polar surface area (TPSA) is 63.8 Å². The minimum absolute atomic E-state index is 0.245. The zero-order valence-electron chi connectivity index (χ0n) is 13.7. The SMILES string of the molecule is Cc1sc2nc(-c3ccno3)nc(NCc3ccc(F)cc3)c2c1C. The highest BCUT2D eigenvalue weighted by atomic mass is 32.1. The standard InChI is InChI=1S/C18H15FN4OS/c1-10-11(2)25-18-15(10)17(20-9-12-3-5-13(19)6-4-12)22-16(23-18)14-7-8-21-24-14/h3-8H,9H2,1-2H3,(H,20,22,23). The zero-order valence-corrected chi connectivity index (χ0v) is 14.5. The van der Waals surface area contributed by atoms with Crippen molar-refractivity contribution in [1.82, 2.24) is 15.1 Å². The van der Waals surface area contributed by atoms with Gasteiger partial charge in [-0.2, -0.15) is 0 Å². The molecule has 1 N–H and O–H groups in total. The van der Waals surface area contributed by atoms with Crippen LogP contribution in [0.4, 0.5) is 10.2 Å². The molecular formula is C18H15FN4OS. The second kappa shape index (κ2) is 6.25. The summed E-state index contributed by atoms with van der Waals surface area (Å²) in [5.41, 5.74) is 2.13. The molecule has 5 nitrogen and oxygen atoms in total. The molecule has 0 saturated heterocycles. The van der Waals surface area contributed by atoms with Crippen LogP contribution in [-0.4, -0.2) is 15.1 Å². The van der Waals surface area contributed by atoms with E-state index in [0.717, 1.165) is 27.2 Å². The molecule has 0 amide bonds. The van der Waals surface area contributed by atoms with Crippen molar-refractivity contribution in [2.75, 3.05) is 5.32 Å². The van der Waals surface area contributed by atoms with Gasteiger partial charge in [0.05, 0.1) is 11.6 Å². The molecule has 0 unspecified atom stereocenters. The highest BCUT2D eigenvalue weighted by Gasteiger charge is 2.16. The number of rotatable bonds is 4. The van der Waals surface area contributed by atoms with E-state index in [0.29, 0.717) is 18.1 Å². The van der Waals surface area contributed by atoms with E-state index in [-0.39, 0.29) is 5.82 Å². The van der Waals surface area contributed by atoms with Gasteiger partial charge in [0.2, 0.25) is 11.6 Å². The third kappa shape index (κ3) is 2.98. The van der Waals surface area contributed by atoms with E-state index >= 15 is 0 Å². The van der Waals surface area contributed by atoms with Crippen LogP contribution in [0, 0.1) is 19.7 Å². The smallest absolute Gasteiger partial charge is 0.204 e. The maximum Gasteiger partial charge on any atom is 0.204 e. The summed E-state index contributed by atoms with van der Waals surface area (Å²) in [5.74, 6) is 1.51. The summed E-state index contributed by atoms with van der Waals surface area (Å²) < 4.78 is 18.3. The normalized spacial score (nSPS) is 11.2. The van der Waals surface area contributed by atoms with Crippen LogP contribution in [0.5, 0.6) is 0 Å². The maximum absolute atomic E-state index is 13.1. The molecule has 0 radical (unpaired) electrons. The summed E-state index contributed by atoms with van der Waals surface area (Å²) in [6.07, 6.45) is 1.57. The molecule has 0 aliphatic rings. The van der Waals surface area contributed by atoms with Crippen LogP contribution in [0.25, 0.3) is 21.8 Å². The molecule has 7 heteroatoms. The van der Waals surface area contributed by atoms with Gasteiger partial charge in [0, 0.05) is 17.5 Å². The Morgan fingerprint density at radius 1 is 1.12 bits per heavy atom. The summed E-state index contributed by atoms with van der Waals surface area (Å²) >= 11 is 1.63. The predicted octanol–water partition coefficient (Wildman–Crippen LogP) is 4.71. The summed E-state index contributed by atoms with van der Waals surface area (Å²) in [5, 5.41) is 8.08. The molecule has 4 rings (SSSR count). The van der Waals surface area contributed by atoms with Crippen LogP contribution in [0.3, 0.4) is 0 Å². The number of aromatic nitrogens is 3. The average Bonchev–Trinajstić information content (AvgIpc) is 3.23. The van der Waals surface area contributed by atoms with Gasteiger partial charge in [-0.25, -0.2) is 14.4 Å². The average molecular weight is 354 g/mol. The van der Waals surface area contributed by atoms with Gasteiger partial charge in [0.25, 0.3) is 0 Å². The lowest BCUT2D eigenvalue weighted by molar-refractivity contribution is 0.430. The molecule has 25 heavy (non-hydrogen) atoms. The fourth-order valence-electron chi connectivity index (χ4n) is 2.61. The molecule has 0 bridgehead atoms. The lowest BCUT2D eigenvalue weighted by atomic mass is 10.2. The van der Waals surface area contributed by atoms with Crippen molar-refractivity contribution >= 4 is 27.4 Å². The molecule has 0 aliphatic heterocycles. The zero-order chi connectivity index (χ0) is 17.4. The quantitative estimate of drug-likeness (QED) is 0.575. The van der Waals surface area contributed by atoms with Gasteiger partial charge < -0.3 is 9.84 Å². The van der Waals surface area contributed by atoms with Gasteiger partial charge in [-0.05, 0) is 37.1 Å². The lowest BCUT2D eigenvalue weighted by Gasteiger charge is -2.09. The van der Waals surface area contributed by atoms with E-state index in [2.05, 4.69) is 34.3 Å². The third-order valence-electron chi connectivity index (χ3n) is 4.06. The Labute approximate surface area is 147 Å². The molecule has 0 atom stereocenters. The van der Waals surface area contributed by atoms with Crippen molar-refractivity contribution in [2.24, 2.45) is 0 Å². The minimum Gasteiger partial charge on any atom is -0.365 e. The van der Waals surface area contributed by atoms with Crippen LogP contribution < -0.4 is 5.32 Å². The lowest BCUT2D eigenvalue weighted by Crippen LogP contribution is -2.04. The number of fused-ring (bicyclic) bond motifs is 1. The van der Waals surface area contributed by atoms with Crippen LogP contribution in [0.2, 0.25) is 0 Å². The fourth-order valence-corrected chi connectivity index (χ4v) is 3.64. The summed E-state index contributed by atoms with van der Waals surface area (Å²) in [6.45, 7) is 4.67. The Kier molecular flexibility index (Phi) is 3.93. The summed E-state index contributed by atoms with van der Waals surface area (Å²) in [7, 11) is 0. The van der Waals surface area contributed by atoms with Crippen LogP contribution >= 0.6 is 11.3 Å². The summed E-state index contributed by atoms with van der Waals surface area (Å²) in [4.78, 5) is 11.3. The Balaban J connectivity index is 1.76. The Hall–Kier alpha value is -2.80. The van der Waals surface area contributed by atoms with E-state index in [1.165, 1.54) is 17.0 Å². The second-order valence-corrected chi connectivity index (χ2v) is 6.92. The van der Waals surface area contributed by atoms with Crippen molar-refractivity contribution in [3.05, 3.63) is 58.3 Å². The van der Waals surface area contributed by atoms with Crippen molar-refractivity contribution < 1.29 is 8.91 Å². The number of anilines is 1. The molecule has 0 saturated carbocycles. The number of aryl methyl sites for hydroxylation is 2. The van der Waals surface area contributed by atoms with Gasteiger partial charge in [0.1, 0.15) is 16.5 Å². The minimum atomic E-state index is -0.245. The molecule has 0 spiro atoms. The number of nitrogens with one attached hydrogen (secondary N) is 1. The van der Waals surface area contributed by atoms with Crippen LogP contribution in [0.15, 0.2) is 41.1 Å². The monoisotopic (exact) mass is 354 g/mol. The van der Waals surface area contributed by atoms with Crippen molar-refractivity contribution in [3.63, 3.8) is 0 Å². The highest BCUT2D eigenvalue weighted by Crippen LogP contribution is 2.35. The van der Waals surface area contributed by atoms with E-state index < -0.39 is 0 Å². The van der Waals surface area contributed by atoms with E-state index in [9.17, 15) is 4.39 Å². The Morgan fingerprint density at radius 2 is 1.92 bits per heavy atom. The Bertz CT molecular complexity index is 1030. The van der Waals surface area contributed by atoms with Gasteiger partial charge in [0.15, 0.2) is 0 Å². The first-order valence-corrected chi connectivity index (χ1v) is 8.60. The van der Waals surface area contributed by atoms with Crippen molar-refractivity contribution in [3.8, 4) is 11.6 Å². The number of halogens is 1. The molecule has 4 aromatic rings. The summed E-state index contributed by atoms with van der Waals surface area (Å²) in [6, 6.07) is 8.14.